The average molecular weight is 233 g/mol. The first kappa shape index (κ1) is 11.1. The molecule has 1 saturated heterocycles. The highest BCUT2D eigenvalue weighted by Gasteiger charge is 2.43. The van der Waals surface area contributed by atoms with Gasteiger partial charge < -0.3 is 10.5 Å². The van der Waals surface area contributed by atoms with E-state index in [2.05, 4.69) is 9.97 Å². The van der Waals surface area contributed by atoms with Gasteiger partial charge >= 0.3 is 0 Å². The van der Waals surface area contributed by atoms with Crippen LogP contribution in [0.2, 0.25) is 0 Å². The second-order valence-electron chi connectivity index (χ2n) is 5.34. The Bertz CT molecular complexity index is 378. The van der Waals surface area contributed by atoms with Crippen LogP contribution >= 0.6 is 0 Å². The molecule has 0 radical (unpaired) electrons. The molecule has 3 rings (SSSR count). The van der Waals surface area contributed by atoms with E-state index >= 15 is 0 Å². The Labute approximate surface area is 102 Å². The Morgan fingerprint density at radius 1 is 1.35 bits per heavy atom. The van der Waals surface area contributed by atoms with E-state index in [1.165, 1.54) is 19.3 Å². The SMILES string of the molecule is NC(c1cncnc1)C1CCOC2(CCC2)C1. The highest BCUT2D eigenvalue weighted by molar-refractivity contribution is 5.11. The summed E-state index contributed by atoms with van der Waals surface area (Å²) in [6.45, 7) is 0.853. The number of ether oxygens (including phenoxy) is 1. The molecule has 1 spiro atoms. The Morgan fingerprint density at radius 2 is 2.12 bits per heavy atom. The third-order valence-electron chi connectivity index (χ3n) is 4.27. The third-order valence-corrected chi connectivity index (χ3v) is 4.27. The number of rotatable bonds is 2. The number of aromatic nitrogens is 2. The first-order valence-corrected chi connectivity index (χ1v) is 6.44. The van der Waals surface area contributed by atoms with Crippen LogP contribution < -0.4 is 5.73 Å². The summed E-state index contributed by atoms with van der Waals surface area (Å²) in [6.07, 6.45) is 11.1. The molecule has 1 aliphatic carbocycles. The van der Waals surface area contributed by atoms with Crippen LogP contribution in [0.5, 0.6) is 0 Å². The van der Waals surface area contributed by atoms with E-state index in [9.17, 15) is 0 Å². The molecule has 1 aromatic rings. The molecule has 4 heteroatoms. The fourth-order valence-electron chi connectivity index (χ4n) is 3.05. The van der Waals surface area contributed by atoms with E-state index in [4.69, 9.17) is 10.5 Å². The van der Waals surface area contributed by atoms with Crippen molar-refractivity contribution in [2.24, 2.45) is 11.7 Å². The minimum atomic E-state index is 0.0533. The number of hydrogen-bond acceptors (Lipinski definition) is 4. The van der Waals surface area contributed by atoms with Gasteiger partial charge in [-0.1, -0.05) is 0 Å². The molecule has 0 bridgehead atoms. The van der Waals surface area contributed by atoms with E-state index in [0.29, 0.717) is 5.92 Å². The Morgan fingerprint density at radius 3 is 2.76 bits per heavy atom. The largest absolute Gasteiger partial charge is 0.375 e. The summed E-state index contributed by atoms with van der Waals surface area (Å²) < 4.78 is 5.93. The highest BCUT2D eigenvalue weighted by Crippen LogP contribution is 2.46. The van der Waals surface area contributed by atoms with E-state index < -0.39 is 0 Å². The van der Waals surface area contributed by atoms with Gasteiger partial charge in [0.2, 0.25) is 0 Å². The van der Waals surface area contributed by atoms with E-state index in [-0.39, 0.29) is 11.6 Å². The van der Waals surface area contributed by atoms with Crippen molar-refractivity contribution >= 4 is 0 Å². The lowest BCUT2D eigenvalue weighted by atomic mass is 9.70. The predicted molar refractivity (Wildman–Crippen MR) is 64.2 cm³/mol. The number of nitrogens with zero attached hydrogens (tertiary/aromatic N) is 2. The van der Waals surface area contributed by atoms with Gasteiger partial charge in [-0.2, -0.15) is 0 Å². The van der Waals surface area contributed by atoms with E-state index in [1.54, 1.807) is 6.33 Å². The first-order chi connectivity index (χ1) is 8.29. The molecule has 2 atom stereocenters. The van der Waals surface area contributed by atoms with Gasteiger partial charge in [0.15, 0.2) is 0 Å². The van der Waals surface area contributed by atoms with Crippen molar-refractivity contribution in [2.45, 2.75) is 43.7 Å². The zero-order valence-electron chi connectivity index (χ0n) is 10.0. The summed E-state index contributed by atoms with van der Waals surface area (Å²) in [4.78, 5) is 8.10. The third kappa shape index (κ3) is 2.07. The molecule has 17 heavy (non-hydrogen) atoms. The fourth-order valence-corrected chi connectivity index (χ4v) is 3.05. The summed E-state index contributed by atoms with van der Waals surface area (Å²) >= 11 is 0. The van der Waals surface area contributed by atoms with Crippen molar-refractivity contribution in [3.8, 4) is 0 Å². The van der Waals surface area contributed by atoms with Crippen molar-refractivity contribution in [3.05, 3.63) is 24.3 Å². The predicted octanol–water partition coefficient (Wildman–Crippen LogP) is 1.83. The van der Waals surface area contributed by atoms with Crippen LogP contribution in [0, 0.1) is 5.92 Å². The fraction of sp³-hybridized carbons (Fsp3) is 0.692. The lowest BCUT2D eigenvalue weighted by Crippen LogP contribution is -2.47. The van der Waals surface area contributed by atoms with Crippen molar-refractivity contribution in [1.82, 2.24) is 9.97 Å². The van der Waals surface area contributed by atoms with Crippen LogP contribution in [-0.2, 0) is 4.74 Å². The molecule has 0 aromatic carbocycles. The number of nitrogens with two attached hydrogens (primary N) is 1. The molecule has 2 N–H and O–H groups in total. The van der Waals surface area contributed by atoms with Crippen molar-refractivity contribution in [2.75, 3.05) is 6.61 Å². The topological polar surface area (TPSA) is 61.0 Å². The average Bonchev–Trinajstić information content (AvgIpc) is 2.37. The van der Waals surface area contributed by atoms with Crippen molar-refractivity contribution in [3.63, 3.8) is 0 Å². The quantitative estimate of drug-likeness (QED) is 0.846. The molecule has 2 aliphatic rings. The molecule has 2 unspecified atom stereocenters. The maximum Gasteiger partial charge on any atom is 0.115 e. The van der Waals surface area contributed by atoms with Crippen LogP contribution in [0.4, 0.5) is 0 Å². The molecule has 1 saturated carbocycles. The molecule has 1 aromatic heterocycles. The Hall–Kier alpha value is -1.00. The molecule has 0 amide bonds. The lowest BCUT2D eigenvalue weighted by Gasteiger charge is -2.48. The van der Waals surface area contributed by atoms with E-state index in [0.717, 1.165) is 25.0 Å². The zero-order valence-corrected chi connectivity index (χ0v) is 10.0. The van der Waals surface area contributed by atoms with Gasteiger partial charge in [-0.15, -0.1) is 0 Å². The zero-order chi connectivity index (χ0) is 11.7. The van der Waals surface area contributed by atoms with Crippen LogP contribution in [0.25, 0.3) is 0 Å². The molecule has 2 fully saturated rings. The van der Waals surface area contributed by atoms with Crippen molar-refractivity contribution in [1.29, 1.82) is 0 Å². The second kappa shape index (κ2) is 4.35. The smallest absolute Gasteiger partial charge is 0.115 e. The lowest BCUT2D eigenvalue weighted by molar-refractivity contribution is -0.146. The van der Waals surface area contributed by atoms with Crippen LogP contribution in [0.15, 0.2) is 18.7 Å². The number of hydrogen-bond donors (Lipinski definition) is 1. The summed E-state index contributed by atoms with van der Waals surface area (Å²) in [7, 11) is 0. The maximum absolute atomic E-state index is 6.33. The normalized spacial score (nSPS) is 28.6. The summed E-state index contributed by atoms with van der Waals surface area (Å²) in [5, 5.41) is 0. The Kier molecular flexibility index (Phi) is 2.84. The summed E-state index contributed by atoms with van der Waals surface area (Å²) in [5.74, 6) is 0.509. The molecule has 1 aliphatic heterocycles. The minimum Gasteiger partial charge on any atom is -0.375 e. The monoisotopic (exact) mass is 233 g/mol. The van der Waals surface area contributed by atoms with Crippen LogP contribution in [-0.4, -0.2) is 22.2 Å². The van der Waals surface area contributed by atoms with Crippen LogP contribution in [0.3, 0.4) is 0 Å². The Balaban J connectivity index is 1.71. The van der Waals surface area contributed by atoms with Gasteiger partial charge in [0.25, 0.3) is 0 Å². The van der Waals surface area contributed by atoms with Gasteiger partial charge in [0.1, 0.15) is 6.33 Å². The molecule has 92 valence electrons. The first-order valence-electron chi connectivity index (χ1n) is 6.44. The minimum absolute atomic E-state index is 0.0533. The second-order valence-corrected chi connectivity index (χ2v) is 5.34. The van der Waals surface area contributed by atoms with Gasteiger partial charge in [0.05, 0.1) is 5.60 Å². The molecule has 4 nitrogen and oxygen atoms in total. The van der Waals surface area contributed by atoms with Gasteiger partial charge in [-0.05, 0) is 38.0 Å². The van der Waals surface area contributed by atoms with E-state index in [1.807, 2.05) is 12.4 Å². The van der Waals surface area contributed by atoms with Crippen molar-refractivity contribution < 1.29 is 4.74 Å². The highest BCUT2D eigenvalue weighted by atomic mass is 16.5. The summed E-state index contributed by atoms with van der Waals surface area (Å²) in [5.41, 5.74) is 7.55. The standard InChI is InChI=1S/C13H19N3O/c14-12(11-7-15-9-16-8-11)10-2-5-17-13(6-10)3-1-4-13/h7-10,12H,1-6,14H2. The molecular formula is C13H19N3O. The van der Waals surface area contributed by atoms with Gasteiger partial charge in [-0.25, -0.2) is 9.97 Å². The molecular weight excluding hydrogens is 214 g/mol. The summed E-state index contributed by atoms with van der Waals surface area (Å²) in [6, 6.07) is 0.0533. The van der Waals surface area contributed by atoms with Gasteiger partial charge in [-0.3, -0.25) is 0 Å². The molecule has 2 heterocycles. The maximum atomic E-state index is 6.33. The van der Waals surface area contributed by atoms with Gasteiger partial charge in [0, 0.05) is 30.6 Å². The van der Waals surface area contributed by atoms with Crippen LogP contribution in [0.1, 0.15) is 43.7 Å².